The van der Waals surface area contributed by atoms with Gasteiger partial charge in [0.2, 0.25) is 5.88 Å². The molecule has 0 aliphatic rings. The van der Waals surface area contributed by atoms with E-state index < -0.39 is 11.7 Å². The lowest BCUT2D eigenvalue weighted by molar-refractivity contribution is -0.137. The highest BCUT2D eigenvalue weighted by atomic mass is 19.4. The summed E-state index contributed by atoms with van der Waals surface area (Å²) in [5.41, 5.74) is 0.0706. The van der Waals surface area contributed by atoms with E-state index in [9.17, 15) is 18.0 Å². The topological polar surface area (TPSA) is 53.4 Å². The van der Waals surface area contributed by atoms with Crippen molar-refractivity contribution in [2.75, 3.05) is 20.8 Å². The molecule has 0 N–H and O–H groups in total. The van der Waals surface area contributed by atoms with Gasteiger partial charge in [0.25, 0.3) is 0 Å². The second-order valence-corrected chi connectivity index (χ2v) is 7.28. The van der Waals surface area contributed by atoms with Crippen molar-refractivity contribution in [3.05, 3.63) is 71.4 Å². The van der Waals surface area contributed by atoms with Gasteiger partial charge in [-0.3, -0.25) is 4.79 Å². The molecule has 0 aliphatic heterocycles. The predicted molar refractivity (Wildman–Crippen MR) is 115 cm³/mol. The van der Waals surface area contributed by atoms with E-state index >= 15 is 0 Å². The Balaban J connectivity index is 2.14. The van der Waals surface area contributed by atoms with Gasteiger partial charge < -0.3 is 14.0 Å². The first kappa shape index (κ1) is 23.5. The highest BCUT2D eigenvalue weighted by Crippen LogP contribution is 2.38. The fraction of sp³-hybridized carbons (Fsp3) is 0.333. The number of ketones is 1. The number of carbonyl (C=O) groups is 1. The fourth-order valence-corrected chi connectivity index (χ4v) is 3.54. The van der Waals surface area contributed by atoms with E-state index in [0.29, 0.717) is 19.4 Å². The zero-order chi connectivity index (χ0) is 23.1. The third-order valence-corrected chi connectivity index (χ3v) is 5.05. The number of carbonyl (C=O) groups excluding carboxylic acids is 1. The normalized spacial score (nSPS) is 11.5. The van der Waals surface area contributed by atoms with Crippen molar-refractivity contribution in [2.24, 2.45) is 0 Å². The first-order valence-electron chi connectivity index (χ1n) is 10.2. The molecule has 0 amide bonds. The molecule has 0 saturated heterocycles. The number of methoxy groups -OCH3 is 2. The molecule has 0 fully saturated rings. The molecular formula is C24H25F3N2O3. The number of hydrogen-bond donors (Lipinski definition) is 0. The van der Waals surface area contributed by atoms with Crippen LogP contribution in [0.15, 0.2) is 54.6 Å². The number of imidazole rings is 1. The van der Waals surface area contributed by atoms with E-state index in [0.717, 1.165) is 11.6 Å². The summed E-state index contributed by atoms with van der Waals surface area (Å²) >= 11 is 0. The Morgan fingerprint density at radius 1 is 1.00 bits per heavy atom. The Hall–Kier alpha value is -3.13. The predicted octanol–water partition coefficient (Wildman–Crippen LogP) is 5.63. The summed E-state index contributed by atoms with van der Waals surface area (Å²) in [6.45, 7) is 0.704. The van der Waals surface area contributed by atoms with Crippen LogP contribution < -0.4 is 4.74 Å². The molecule has 0 radical (unpaired) electrons. The van der Waals surface area contributed by atoms with Crippen LogP contribution in [-0.2, 0) is 17.5 Å². The molecule has 2 aromatic carbocycles. The molecule has 0 atom stereocenters. The first-order chi connectivity index (χ1) is 15.4. The largest absolute Gasteiger partial charge is 0.479 e. The lowest BCUT2D eigenvalue weighted by Crippen LogP contribution is -2.14. The standard InChI is InChI=1S/C24H25F3N2O3/c1-31-15-9-8-14-20(30)21-23(32-2)28-22(29(21)16-17-10-4-3-5-11-17)18-12-6-7-13-19(18)24(25,26)27/h3-7,10-13H,8-9,14-16H2,1-2H3. The maximum Gasteiger partial charge on any atom is 0.417 e. The summed E-state index contributed by atoms with van der Waals surface area (Å²) < 4.78 is 53.1. The van der Waals surface area contributed by atoms with Crippen LogP contribution in [0.1, 0.15) is 40.9 Å². The van der Waals surface area contributed by atoms with Crippen molar-refractivity contribution < 1.29 is 27.4 Å². The van der Waals surface area contributed by atoms with Gasteiger partial charge in [-0.05, 0) is 24.5 Å². The van der Waals surface area contributed by atoms with Crippen LogP contribution in [0.2, 0.25) is 0 Å². The zero-order valence-corrected chi connectivity index (χ0v) is 18.0. The first-order valence-corrected chi connectivity index (χ1v) is 10.2. The van der Waals surface area contributed by atoms with E-state index in [1.54, 1.807) is 7.11 Å². The molecule has 0 saturated carbocycles. The maximum atomic E-state index is 13.7. The summed E-state index contributed by atoms with van der Waals surface area (Å²) in [7, 11) is 2.94. The van der Waals surface area contributed by atoms with Crippen molar-refractivity contribution >= 4 is 5.78 Å². The number of hydrogen-bond acceptors (Lipinski definition) is 4. The van der Waals surface area contributed by atoms with Crippen molar-refractivity contribution in [3.8, 4) is 17.3 Å². The quantitative estimate of drug-likeness (QED) is 0.299. The molecule has 0 aliphatic carbocycles. The minimum atomic E-state index is -4.57. The Morgan fingerprint density at radius 2 is 1.69 bits per heavy atom. The number of halogens is 3. The van der Waals surface area contributed by atoms with Gasteiger partial charge in [-0.25, -0.2) is 0 Å². The van der Waals surface area contributed by atoms with Gasteiger partial charge in [0.1, 0.15) is 11.5 Å². The average Bonchev–Trinajstić information content (AvgIpc) is 3.15. The van der Waals surface area contributed by atoms with Crippen molar-refractivity contribution in [1.82, 2.24) is 9.55 Å². The number of Topliss-reactive ketones (excluding diaryl/α,β-unsaturated/α-hetero) is 1. The van der Waals surface area contributed by atoms with Crippen LogP contribution in [0.4, 0.5) is 13.2 Å². The summed E-state index contributed by atoms with van der Waals surface area (Å²) in [4.78, 5) is 17.5. The number of aromatic nitrogens is 2. The monoisotopic (exact) mass is 446 g/mol. The van der Waals surface area contributed by atoms with E-state index in [4.69, 9.17) is 9.47 Å². The molecule has 5 nitrogen and oxygen atoms in total. The van der Waals surface area contributed by atoms with Crippen molar-refractivity contribution in [2.45, 2.75) is 32.0 Å². The molecule has 1 heterocycles. The van der Waals surface area contributed by atoms with Crippen LogP contribution in [0, 0.1) is 0 Å². The molecule has 32 heavy (non-hydrogen) atoms. The third kappa shape index (κ3) is 5.37. The van der Waals surface area contributed by atoms with Crippen LogP contribution >= 0.6 is 0 Å². The van der Waals surface area contributed by atoms with Gasteiger partial charge in [0, 0.05) is 32.2 Å². The van der Waals surface area contributed by atoms with Crippen LogP contribution in [0.5, 0.6) is 5.88 Å². The van der Waals surface area contributed by atoms with Gasteiger partial charge in [0.15, 0.2) is 5.78 Å². The van der Waals surface area contributed by atoms with Gasteiger partial charge in [-0.2, -0.15) is 18.2 Å². The Bertz CT molecular complexity index is 1050. The van der Waals surface area contributed by atoms with Gasteiger partial charge in [0.05, 0.1) is 12.7 Å². The minimum Gasteiger partial charge on any atom is -0.479 e. The lowest BCUT2D eigenvalue weighted by atomic mass is 10.1. The van der Waals surface area contributed by atoms with Crippen LogP contribution in [-0.4, -0.2) is 36.2 Å². The van der Waals surface area contributed by atoms with Gasteiger partial charge in [-0.15, -0.1) is 0 Å². The SMILES string of the molecule is COCCCCC(=O)c1c(OC)nc(-c2ccccc2C(F)(F)F)n1Cc1ccccc1. The molecule has 3 aromatic rings. The Morgan fingerprint density at radius 3 is 2.34 bits per heavy atom. The number of benzene rings is 2. The molecule has 3 rings (SSSR count). The van der Waals surface area contributed by atoms with Gasteiger partial charge in [-0.1, -0.05) is 48.5 Å². The van der Waals surface area contributed by atoms with Crippen LogP contribution in [0.3, 0.4) is 0 Å². The second kappa shape index (κ2) is 10.5. The summed E-state index contributed by atoms with van der Waals surface area (Å²) in [5.74, 6) is -0.180. The van der Waals surface area contributed by atoms with Crippen LogP contribution in [0.25, 0.3) is 11.4 Å². The van der Waals surface area contributed by atoms with Crippen molar-refractivity contribution in [3.63, 3.8) is 0 Å². The fourth-order valence-electron chi connectivity index (χ4n) is 3.54. The molecule has 0 spiro atoms. The van der Waals surface area contributed by atoms with E-state index in [1.807, 2.05) is 30.3 Å². The van der Waals surface area contributed by atoms with E-state index in [2.05, 4.69) is 4.98 Å². The summed E-state index contributed by atoms with van der Waals surface area (Å²) in [6.07, 6.45) is -3.08. The molecular weight excluding hydrogens is 421 g/mol. The summed E-state index contributed by atoms with van der Waals surface area (Å²) in [5, 5.41) is 0. The highest BCUT2D eigenvalue weighted by molar-refractivity contribution is 5.97. The van der Waals surface area contributed by atoms with E-state index in [1.165, 1.54) is 29.9 Å². The third-order valence-electron chi connectivity index (χ3n) is 5.05. The summed E-state index contributed by atoms with van der Waals surface area (Å²) in [6, 6.07) is 14.4. The number of unbranched alkanes of at least 4 members (excludes halogenated alkanes) is 1. The van der Waals surface area contributed by atoms with Gasteiger partial charge >= 0.3 is 6.18 Å². The second-order valence-electron chi connectivity index (χ2n) is 7.28. The smallest absolute Gasteiger partial charge is 0.417 e. The van der Waals surface area contributed by atoms with E-state index in [-0.39, 0.29) is 41.7 Å². The van der Waals surface area contributed by atoms with Crippen molar-refractivity contribution in [1.29, 1.82) is 0 Å². The molecule has 0 bridgehead atoms. The lowest BCUT2D eigenvalue weighted by Gasteiger charge is -2.15. The zero-order valence-electron chi connectivity index (χ0n) is 18.0. The number of rotatable bonds is 10. The highest BCUT2D eigenvalue weighted by Gasteiger charge is 2.35. The number of alkyl halides is 3. The number of ether oxygens (including phenoxy) is 2. The molecule has 170 valence electrons. The molecule has 8 heteroatoms. The Kier molecular flexibility index (Phi) is 7.69. The Labute approximate surface area is 184 Å². The minimum absolute atomic E-state index is 0.0182. The number of nitrogens with zero attached hydrogens (tertiary/aromatic N) is 2. The molecule has 0 unspecified atom stereocenters. The maximum absolute atomic E-state index is 13.7. The average molecular weight is 446 g/mol. The molecule has 1 aromatic heterocycles.